The van der Waals surface area contributed by atoms with Crippen LogP contribution in [0, 0.1) is 5.92 Å². The van der Waals surface area contributed by atoms with Crippen LogP contribution in [0.2, 0.25) is 0 Å². The second-order valence-electron chi connectivity index (χ2n) is 6.71. The van der Waals surface area contributed by atoms with Crippen LogP contribution in [-0.4, -0.2) is 19.6 Å². The van der Waals surface area contributed by atoms with Gasteiger partial charge in [0.1, 0.15) is 0 Å². The standard InChI is InChI=1S/C18H16N4O2S3/c1-10-2-3-13-11(6-10)7-14(27-13)16-20-21-18(24-16)26-9-12-8-15(23)22-4-5-25-17(22)19-12/h4-5,7-8,10H,2-3,6,9H2,1H3/t10-/m1/s1. The molecule has 1 atom stereocenters. The van der Waals surface area contributed by atoms with E-state index in [0.717, 1.165) is 23.6 Å². The topological polar surface area (TPSA) is 73.3 Å². The van der Waals surface area contributed by atoms with Gasteiger partial charge in [0, 0.05) is 28.3 Å². The van der Waals surface area contributed by atoms with E-state index < -0.39 is 0 Å². The minimum absolute atomic E-state index is 0.0681. The van der Waals surface area contributed by atoms with Gasteiger partial charge in [-0.1, -0.05) is 18.7 Å². The zero-order valence-corrected chi connectivity index (χ0v) is 17.0. The number of rotatable bonds is 4. The van der Waals surface area contributed by atoms with Gasteiger partial charge in [0.2, 0.25) is 0 Å². The largest absolute Gasteiger partial charge is 0.410 e. The van der Waals surface area contributed by atoms with Crippen molar-refractivity contribution in [3.8, 4) is 10.8 Å². The summed E-state index contributed by atoms with van der Waals surface area (Å²) in [5.41, 5.74) is 2.07. The van der Waals surface area contributed by atoms with Crippen molar-refractivity contribution in [2.75, 3.05) is 0 Å². The van der Waals surface area contributed by atoms with E-state index in [1.165, 1.54) is 40.0 Å². The van der Waals surface area contributed by atoms with E-state index in [2.05, 4.69) is 28.2 Å². The van der Waals surface area contributed by atoms with Crippen LogP contribution in [0.25, 0.3) is 15.7 Å². The molecule has 0 N–H and O–H groups in total. The highest BCUT2D eigenvalue weighted by atomic mass is 32.2. The molecule has 6 nitrogen and oxygen atoms in total. The molecule has 4 aromatic heterocycles. The molecular weight excluding hydrogens is 400 g/mol. The quantitative estimate of drug-likeness (QED) is 0.462. The lowest BCUT2D eigenvalue weighted by Gasteiger charge is -2.16. The summed E-state index contributed by atoms with van der Waals surface area (Å²) >= 11 is 4.61. The number of nitrogens with zero attached hydrogens (tertiary/aromatic N) is 4. The van der Waals surface area contributed by atoms with Crippen LogP contribution in [0.1, 0.15) is 29.5 Å². The number of aromatic nitrogens is 4. The van der Waals surface area contributed by atoms with Gasteiger partial charge in [0.25, 0.3) is 16.7 Å². The first-order valence-electron chi connectivity index (χ1n) is 8.70. The number of hydrogen-bond donors (Lipinski definition) is 0. The SMILES string of the molecule is C[C@@H]1CCc2sc(-c3nnc(SCc4cc(=O)n5ccsc5n4)o3)cc2C1. The average molecular weight is 417 g/mol. The van der Waals surface area contributed by atoms with Crippen molar-refractivity contribution in [1.29, 1.82) is 0 Å². The van der Waals surface area contributed by atoms with Gasteiger partial charge in [-0.25, -0.2) is 4.98 Å². The summed E-state index contributed by atoms with van der Waals surface area (Å²) in [5, 5.41) is 10.7. The highest BCUT2D eigenvalue weighted by molar-refractivity contribution is 7.98. The molecule has 1 aliphatic carbocycles. The van der Waals surface area contributed by atoms with E-state index in [0.29, 0.717) is 27.5 Å². The first kappa shape index (κ1) is 17.2. The third-order valence-corrected chi connectivity index (χ3v) is 7.48. The summed E-state index contributed by atoms with van der Waals surface area (Å²) in [6.07, 6.45) is 5.26. The van der Waals surface area contributed by atoms with E-state index in [-0.39, 0.29) is 5.56 Å². The van der Waals surface area contributed by atoms with Gasteiger partial charge in [-0.3, -0.25) is 9.20 Å². The number of thiophene rings is 1. The Kier molecular flexibility index (Phi) is 4.37. The van der Waals surface area contributed by atoms with Crippen LogP contribution < -0.4 is 5.56 Å². The lowest BCUT2D eigenvalue weighted by molar-refractivity contribution is 0.466. The summed E-state index contributed by atoms with van der Waals surface area (Å²) < 4.78 is 7.39. The van der Waals surface area contributed by atoms with E-state index in [1.807, 2.05) is 5.38 Å². The monoisotopic (exact) mass is 416 g/mol. The van der Waals surface area contributed by atoms with Crippen LogP contribution in [0.4, 0.5) is 0 Å². The molecule has 0 bridgehead atoms. The molecule has 0 radical (unpaired) electrons. The Bertz CT molecular complexity index is 1170. The van der Waals surface area contributed by atoms with Crippen molar-refractivity contribution in [2.45, 2.75) is 37.2 Å². The molecule has 0 spiro atoms. The van der Waals surface area contributed by atoms with E-state index in [1.54, 1.807) is 28.0 Å². The molecule has 0 fully saturated rings. The molecule has 27 heavy (non-hydrogen) atoms. The van der Waals surface area contributed by atoms with Crippen LogP contribution in [0.3, 0.4) is 0 Å². The molecule has 0 amide bonds. The fourth-order valence-electron chi connectivity index (χ4n) is 3.28. The molecule has 0 saturated carbocycles. The smallest absolute Gasteiger partial charge is 0.277 e. The molecule has 0 aliphatic heterocycles. The summed E-state index contributed by atoms with van der Waals surface area (Å²) in [6.45, 7) is 2.30. The number of hydrogen-bond acceptors (Lipinski definition) is 8. The fourth-order valence-corrected chi connectivity index (χ4v) is 5.80. The molecule has 0 saturated heterocycles. The van der Waals surface area contributed by atoms with Crippen molar-refractivity contribution in [1.82, 2.24) is 19.6 Å². The maximum Gasteiger partial charge on any atom is 0.277 e. The molecule has 1 aliphatic rings. The van der Waals surface area contributed by atoms with Gasteiger partial charge in [-0.2, -0.15) is 0 Å². The molecule has 0 unspecified atom stereocenters. The Morgan fingerprint density at radius 2 is 2.30 bits per heavy atom. The van der Waals surface area contributed by atoms with Gasteiger partial charge in [-0.15, -0.1) is 32.9 Å². The summed E-state index contributed by atoms with van der Waals surface area (Å²) in [6, 6.07) is 3.75. The van der Waals surface area contributed by atoms with Crippen LogP contribution in [-0.2, 0) is 18.6 Å². The highest BCUT2D eigenvalue weighted by Gasteiger charge is 2.21. The first-order valence-corrected chi connectivity index (χ1v) is 11.4. The summed E-state index contributed by atoms with van der Waals surface area (Å²) in [5.74, 6) is 1.83. The van der Waals surface area contributed by atoms with Crippen molar-refractivity contribution < 1.29 is 4.42 Å². The van der Waals surface area contributed by atoms with Crippen LogP contribution >= 0.6 is 34.4 Å². The molecule has 9 heteroatoms. The molecule has 0 aromatic carbocycles. The Labute approximate surface area is 167 Å². The first-order chi connectivity index (χ1) is 13.2. The van der Waals surface area contributed by atoms with Crippen molar-refractivity contribution in [3.05, 3.63) is 50.2 Å². The molecule has 4 heterocycles. The fraction of sp³-hybridized carbons (Fsp3) is 0.333. The lowest BCUT2D eigenvalue weighted by atomic mass is 9.90. The number of aryl methyl sites for hydroxylation is 1. The van der Waals surface area contributed by atoms with Crippen LogP contribution in [0.15, 0.2) is 38.1 Å². The second-order valence-corrected chi connectivity index (χ2v) is 9.65. The molecule has 4 aromatic rings. The van der Waals surface area contributed by atoms with Crippen molar-refractivity contribution in [3.63, 3.8) is 0 Å². The average Bonchev–Trinajstić information content (AvgIpc) is 3.38. The zero-order valence-electron chi connectivity index (χ0n) is 14.5. The summed E-state index contributed by atoms with van der Waals surface area (Å²) in [4.78, 5) is 19.7. The Hall–Kier alpha value is -1.97. The van der Waals surface area contributed by atoms with Gasteiger partial charge >= 0.3 is 0 Å². The number of fused-ring (bicyclic) bond motifs is 2. The predicted molar refractivity (Wildman–Crippen MR) is 108 cm³/mol. The highest BCUT2D eigenvalue weighted by Crippen LogP contribution is 2.37. The Morgan fingerprint density at radius 3 is 3.22 bits per heavy atom. The Morgan fingerprint density at radius 1 is 1.37 bits per heavy atom. The molecular formula is C18H16N4O2S3. The van der Waals surface area contributed by atoms with Gasteiger partial charge < -0.3 is 4.42 Å². The minimum Gasteiger partial charge on any atom is -0.410 e. The normalized spacial score (nSPS) is 16.7. The minimum atomic E-state index is -0.0681. The molecule has 5 rings (SSSR count). The number of thiazole rings is 1. The zero-order chi connectivity index (χ0) is 18.4. The lowest BCUT2D eigenvalue weighted by Crippen LogP contribution is -2.12. The maximum absolute atomic E-state index is 12.1. The van der Waals surface area contributed by atoms with Gasteiger partial charge in [0.05, 0.1) is 10.6 Å². The third-order valence-electron chi connectivity index (χ3n) is 4.65. The van der Waals surface area contributed by atoms with E-state index in [9.17, 15) is 4.79 Å². The van der Waals surface area contributed by atoms with Crippen LogP contribution in [0.5, 0.6) is 0 Å². The number of thioether (sulfide) groups is 1. The van der Waals surface area contributed by atoms with Crippen molar-refractivity contribution >= 4 is 39.4 Å². The second kappa shape index (κ2) is 6.88. The maximum atomic E-state index is 12.1. The molecule has 138 valence electrons. The predicted octanol–water partition coefficient (Wildman–Crippen LogP) is 4.28. The van der Waals surface area contributed by atoms with Gasteiger partial charge in [0.15, 0.2) is 4.96 Å². The van der Waals surface area contributed by atoms with Crippen molar-refractivity contribution in [2.24, 2.45) is 5.92 Å². The third kappa shape index (κ3) is 3.35. The Balaban J connectivity index is 1.33. The van der Waals surface area contributed by atoms with E-state index in [4.69, 9.17) is 4.42 Å². The van der Waals surface area contributed by atoms with Gasteiger partial charge in [-0.05, 0) is 36.8 Å². The summed E-state index contributed by atoms with van der Waals surface area (Å²) in [7, 11) is 0. The van der Waals surface area contributed by atoms with E-state index >= 15 is 0 Å².